The number of nitrogens with zero attached hydrogens (tertiary/aromatic N) is 3. The summed E-state index contributed by atoms with van der Waals surface area (Å²) >= 11 is 0. The Morgan fingerprint density at radius 1 is 1.20 bits per heavy atom. The van der Waals surface area contributed by atoms with Gasteiger partial charge < -0.3 is 9.42 Å². The van der Waals surface area contributed by atoms with Crippen LogP contribution in [0, 0.1) is 6.92 Å². The smallest absolute Gasteiger partial charge is 0.276 e. The summed E-state index contributed by atoms with van der Waals surface area (Å²) in [4.78, 5) is 18.8. The van der Waals surface area contributed by atoms with Crippen molar-refractivity contribution in [1.29, 1.82) is 0 Å². The number of benzene rings is 1. The number of rotatable bonds is 5. The van der Waals surface area contributed by atoms with E-state index in [0.717, 1.165) is 16.8 Å². The number of hydrogen-bond acceptors (Lipinski definition) is 4. The van der Waals surface area contributed by atoms with Crippen molar-refractivity contribution in [1.82, 2.24) is 15.0 Å². The van der Waals surface area contributed by atoms with E-state index in [4.69, 9.17) is 4.52 Å². The first-order valence-corrected chi connectivity index (χ1v) is 8.26. The Balaban J connectivity index is 1.72. The van der Waals surface area contributed by atoms with Crippen LogP contribution in [0.3, 0.4) is 0 Å². The molecule has 0 bridgehead atoms. The molecule has 1 atom stereocenters. The third-order valence-electron chi connectivity index (χ3n) is 4.38. The summed E-state index contributed by atoms with van der Waals surface area (Å²) in [6.07, 6.45) is 2.47. The molecule has 0 fully saturated rings. The fraction of sp³-hybridized carbons (Fsp3) is 0.250. The number of aromatic nitrogens is 2. The fourth-order valence-corrected chi connectivity index (χ4v) is 2.64. The number of likely N-dealkylation sites (N-methyl/N-ethyl adjacent to an activating group) is 1. The molecule has 0 unspecified atom stereocenters. The fourth-order valence-electron chi connectivity index (χ4n) is 2.64. The van der Waals surface area contributed by atoms with E-state index in [1.165, 1.54) is 0 Å². The minimum absolute atomic E-state index is 0.00187. The molecule has 2 heterocycles. The maximum atomic E-state index is 12.7. The number of pyridine rings is 1. The molecule has 0 aliphatic rings. The van der Waals surface area contributed by atoms with E-state index in [9.17, 15) is 4.79 Å². The molecule has 5 heteroatoms. The first kappa shape index (κ1) is 16.9. The van der Waals surface area contributed by atoms with Gasteiger partial charge in [0.1, 0.15) is 0 Å². The minimum Gasteiger partial charge on any atom is -0.355 e. The molecule has 0 aliphatic heterocycles. The number of amides is 1. The number of hydrogen-bond donors (Lipinski definition) is 0. The topological polar surface area (TPSA) is 59.2 Å². The zero-order chi connectivity index (χ0) is 17.8. The van der Waals surface area contributed by atoms with E-state index < -0.39 is 0 Å². The Labute approximate surface area is 147 Å². The first-order chi connectivity index (χ1) is 12.1. The van der Waals surface area contributed by atoms with Crippen molar-refractivity contribution >= 4 is 5.91 Å². The molecule has 25 heavy (non-hydrogen) atoms. The molecular formula is C20H21N3O2. The maximum Gasteiger partial charge on any atom is 0.276 e. The molecule has 128 valence electrons. The Morgan fingerprint density at radius 3 is 2.68 bits per heavy atom. The van der Waals surface area contributed by atoms with Crippen LogP contribution >= 0.6 is 0 Å². The van der Waals surface area contributed by atoms with Crippen LogP contribution < -0.4 is 0 Å². The van der Waals surface area contributed by atoms with Gasteiger partial charge >= 0.3 is 0 Å². The summed E-state index contributed by atoms with van der Waals surface area (Å²) in [5, 5.41) is 3.94. The SMILES string of the molecule is Cc1cccnc1C[C@@H](C)N(C)C(=O)c1cc(-c2ccccc2)on1. The average Bonchev–Trinajstić information content (AvgIpc) is 3.13. The minimum atomic E-state index is -0.160. The van der Waals surface area contributed by atoms with Gasteiger partial charge in [0, 0.05) is 43.0 Å². The third kappa shape index (κ3) is 3.76. The highest BCUT2D eigenvalue weighted by Gasteiger charge is 2.22. The van der Waals surface area contributed by atoms with Gasteiger partial charge in [-0.05, 0) is 25.5 Å². The van der Waals surface area contributed by atoms with E-state index >= 15 is 0 Å². The largest absolute Gasteiger partial charge is 0.355 e. The molecule has 3 aromatic rings. The molecule has 0 saturated heterocycles. The highest BCUT2D eigenvalue weighted by Crippen LogP contribution is 2.21. The second-order valence-electron chi connectivity index (χ2n) is 6.18. The van der Waals surface area contributed by atoms with E-state index in [0.29, 0.717) is 17.9 Å². The van der Waals surface area contributed by atoms with Crippen molar-refractivity contribution < 1.29 is 9.32 Å². The summed E-state index contributed by atoms with van der Waals surface area (Å²) < 4.78 is 5.33. The van der Waals surface area contributed by atoms with Gasteiger partial charge in [-0.3, -0.25) is 9.78 Å². The van der Waals surface area contributed by atoms with Crippen LogP contribution in [0.2, 0.25) is 0 Å². The molecule has 0 spiro atoms. The van der Waals surface area contributed by atoms with Crippen molar-refractivity contribution in [3.63, 3.8) is 0 Å². The van der Waals surface area contributed by atoms with Gasteiger partial charge in [0.25, 0.3) is 5.91 Å². The lowest BCUT2D eigenvalue weighted by Crippen LogP contribution is -2.37. The lowest BCUT2D eigenvalue weighted by Gasteiger charge is -2.24. The van der Waals surface area contributed by atoms with E-state index in [1.807, 2.05) is 56.3 Å². The van der Waals surface area contributed by atoms with Gasteiger partial charge in [-0.2, -0.15) is 0 Å². The van der Waals surface area contributed by atoms with Crippen LogP contribution in [-0.4, -0.2) is 34.0 Å². The van der Waals surface area contributed by atoms with Crippen LogP contribution in [-0.2, 0) is 6.42 Å². The molecule has 2 aromatic heterocycles. The van der Waals surface area contributed by atoms with Crippen molar-refractivity contribution in [2.24, 2.45) is 0 Å². The quantitative estimate of drug-likeness (QED) is 0.712. The second kappa shape index (κ2) is 7.30. The first-order valence-electron chi connectivity index (χ1n) is 8.26. The van der Waals surface area contributed by atoms with Crippen LogP contribution in [0.25, 0.3) is 11.3 Å². The Hall–Kier alpha value is -2.95. The summed E-state index contributed by atoms with van der Waals surface area (Å²) in [6, 6.07) is 15.2. The summed E-state index contributed by atoms with van der Waals surface area (Å²) in [5.41, 5.74) is 3.34. The molecule has 5 nitrogen and oxygen atoms in total. The van der Waals surface area contributed by atoms with Gasteiger partial charge in [-0.15, -0.1) is 0 Å². The van der Waals surface area contributed by atoms with Crippen molar-refractivity contribution in [2.45, 2.75) is 26.3 Å². The molecule has 1 aromatic carbocycles. The van der Waals surface area contributed by atoms with E-state index in [2.05, 4.69) is 10.1 Å². The zero-order valence-corrected chi connectivity index (χ0v) is 14.6. The van der Waals surface area contributed by atoms with Crippen LogP contribution in [0.15, 0.2) is 59.3 Å². The lowest BCUT2D eigenvalue weighted by molar-refractivity contribution is 0.0732. The molecule has 1 amide bonds. The highest BCUT2D eigenvalue weighted by atomic mass is 16.5. The number of carbonyl (C=O) groups is 1. The van der Waals surface area contributed by atoms with E-state index in [1.54, 1.807) is 24.2 Å². The molecular weight excluding hydrogens is 314 g/mol. The Morgan fingerprint density at radius 2 is 1.96 bits per heavy atom. The predicted octanol–water partition coefficient (Wildman–Crippen LogP) is 3.75. The average molecular weight is 335 g/mol. The molecule has 0 N–H and O–H groups in total. The number of aryl methyl sites for hydroxylation is 1. The summed E-state index contributed by atoms with van der Waals surface area (Å²) in [7, 11) is 1.78. The van der Waals surface area contributed by atoms with E-state index in [-0.39, 0.29) is 11.9 Å². The highest BCUT2D eigenvalue weighted by molar-refractivity contribution is 5.93. The molecule has 3 rings (SSSR count). The maximum absolute atomic E-state index is 12.7. The Bertz CT molecular complexity index is 858. The number of carbonyl (C=O) groups excluding carboxylic acids is 1. The van der Waals surface area contributed by atoms with Crippen molar-refractivity contribution in [3.8, 4) is 11.3 Å². The molecule has 0 radical (unpaired) electrons. The van der Waals surface area contributed by atoms with Gasteiger partial charge in [0.15, 0.2) is 11.5 Å². The summed E-state index contributed by atoms with van der Waals surface area (Å²) in [6.45, 7) is 4.03. The second-order valence-corrected chi connectivity index (χ2v) is 6.18. The zero-order valence-electron chi connectivity index (χ0n) is 14.6. The molecule has 0 saturated carbocycles. The van der Waals surface area contributed by atoms with Crippen LogP contribution in [0.5, 0.6) is 0 Å². The van der Waals surface area contributed by atoms with Crippen LogP contribution in [0.4, 0.5) is 0 Å². The standard InChI is InChI=1S/C20H21N3O2/c1-14-8-7-11-21-17(14)12-15(2)23(3)20(24)18-13-19(25-22-18)16-9-5-4-6-10-16/h4-11,13,15H,12H2,1-3H3/t15-/m1/s1. The molecule has 0 aliphatic carbocycles. The Kier molecular flexibility index (Phi) is 4.93. The lowest BCUT2D eigenvalue weighted by atomic mass is 10.1. The van der Waals surface area contributed by atoms with Crippen molar-refractivity contribution in [3.05, 3.63) is 71.7 Å². The van der Waals surface area contributed by atoms with Gasteiger partial charge in [-0.25, -0.2) is 0 Å². The van der Waals surface area contributed by atoms with Crippen LogP contribution in [0.1, 0.15) is 28.7 Å². The summed E-state index contributed by atoms with van der Waals surface area (Å²) in [5.74, 6) is 0.428. The van der Waals surface area contributed by atoms with Crippen molar-refractivity contribution in [2.75, 3.05) is 7.05 Å². The van der Waals surface area contributed by atoms with Gasteiger partial charge in [0.2, 0.25) is 0 Å². The monoisotopic (exact) mass is 335 g/mol. The normalized spacial score (nSPS) is 12.0. The van der Waals surface area contributed by atoms with Gasteiger partial charge in [-0.1, -0.05) is 41.6 Å². The van der Waals surface area contributed by atoms with Gasteiger partial charge in [0.05, 0.1) is 0 Å². The predicted molar refractivity (Wildman–Crippen MR) is 96.2 cm³/mol. The third-order valence-corrected chi connectivity index (χ3v) is 4.38.